The third kappa shape index (κ3) is 4.84. The van der Waals surface area contributed by atoms with Gasteiger partial charge in [-0.1, -0.05) is 30.3 Å². The molecule has 0 saturated carbocycles. The van der Waals surface area contributed by atoms with Gasteiger partial charge in [0.15, 0.2) is 0 Å². The number of carbonyl (C=O) groups is 2. The molecule has 0 atom stereocenters. The summed E-state index contributed by atoms with van der Waals surface area (Å²) in [6.45, 7) is 2.89. The first-order valence-corrected chi connectivity index (χ1v) is 7.72. The van der Waals surface area contributed by atoms with Crippen molar-refractivity contribution in [3.63, 3.8) is 0 Å². The van der Waals surface area contributed by atoms with Gasteiger partial charge in [0.25, 0.3) is 0 Å². The van der Waals surface area contributed by atoms with Crippen LogP contribution in [0.5, 0.6) is 5.75 Å². The zero-order chi connectivity index (χ0) is 17.5. The zero-order valence-electron chi connectivity index (χ0n) is 13.9. The van der Waals surface area contributed by atoms with E-state index < -0.39 is 5.97 Å². The normalized spacial score (nSPS) is 10.2. The molecule has 1 amide bonds. The molecular formula is C19H21NO4. The summed E-state index contributed by atoms with van der Waals surface area (Å²) >= 11 is 0. The number of hydrogen-bond acceptors (Lipinski definition) is 3. The number of likely N-dealkylation sites (N-methyl/N-ethyl adjacent to an activating group) is 1. The summed E-state index contributed by atoms with van der Waals surface area (Å²) in [7, 11) is 1.73. The van der Waals surface area contributed by atoms with E-state index in [2.05, 4.69) is 0 Å². The van der Waals surface area contributed by atoms with Crippen molar-refractivity contribution in [2.45, 2.75) is 13.3 Å². The molecule has 0 aromatic heterocycles. The average molecular weight is 327 g/mol. The summed E-state index contributed by atoms with van der Waals surface area (Å²) < 4.78 is 5.69. The van der Waals surface area contributed by atoms with E-state index >= 15 is 0 Å². The van der Waals surface area contributed by atoms with Crippen LogP contribution in [0.1, 0.15) is 21.5 Å². The molecule has 2 aromatic carbocycles. The van der Waals surface area contributed by atoms with Crippen molar-refractivity contribution in [2.75, 3.05) is 20.2 Å². The third-order valence-electron chi connectivity index (χ3n) is 3.76. The Balaban J connectivity index is 1.81. The van der Waals surface area contributed by atoms with Gasteiger partial charge in [-0.25, -0.2) is 4.79 Å². The lowest BCUT2D eigenvalue weighted by Crippen LogP contribution is -2.32. The number of ether oxygens (including phenoxy) is 1. The first kappa shape index (κ1) is 17.5. The molecular weight excluding hydrogens is 306 g/mol. The number of carboxylic acid groups (broad SMARTS) is 1. The highest BCUT2D eigenvalue weighted by molar-refractivity contribution is 5.87. The predicted molar refractivity (Wildman–Crippen MR) is 91.4 cm³/mol. The molecule has 24 heavy (non-hydrogen) atoms. The van der Waals surface area contributed by atoms with Crippen molar-refractivity contribution in [1.82, 2.24) is 4.90 Å². The van der Waals surface area contributed by atoms with Crippen molar-refractivity contribution < 1.29 is 19.4 Å². The van der Waals surface area contributed by atoms with E-state index in [0.717, 1.165) is 16.9 Å². The number of aryl methyl sites for hydroxylation is 1. The van der Waals surface area contributed by atoms with Crippen LogP contribution >= 0.6 is 0 Å². The van der Waals surface area contributed by atoms with Crippen molar-refractivity contribution >= 4 is 11.9 Å². The standard InChI is InChI=1S/C19H21NO4/c1-14-5-3-4-6-17(14)24-12-11-20(2)18(21)13-15-7-9-16(10-8-15)19(22)23/h3-10H,11-13H2,1-2H3,(H,22,23). The fourth-order valence-corrected chi connectivity index (χ4v) is 2.21. The van der Waals surface area contributed by atoms with Crippen LogP contribution in [0.15, 0.2) is 48.5 Å². The fourth-order valence-electron chi connectivity index (χ4n) is 2.21. The molecule has 0 unspecified atom stereocenters. The van der Waals surface area contributed by atoms with E-state index in [-0.39, 0.29) is 17.9 Å². The first-order chi connectivity index (χ1) is 11.5. The number of carboxylic acids is 1. The Bertz CT molecular complexity index is 710. The van der Waals surface area contributed by atoms with Crippen LogP contribution in [0.3, 0.4) is 0 Å². The Hall–Kier alpha value is -2.82. The number of para-hydroxylation sites is 1. The van der Waals surface area contributed by atoms with Gasteiger partial charge in [-0.3, -0.25) is 4.79 Å². The van der Waals surface area contributed by atoms with Gasteiger partial charge in [0.05, 0.1) is 18.5 Å². The lowest BCUT2D eigenvalue weighted by molar-refractivity contribution is -0.129. The largest absolute Gasteiger partial charge is 0.491 e. The molecule has 5 heteroatoms. The van der Waals surface area contributed by atoms with E-state index in [9.17, 15) is 9.59 Å². The highest BCUT2D eigenvalue weighted by Crippen LogP contribution is 2.15. The van der Waals surface area contributed by atoms with Crippen LogP contribution in [0.25, 0.3) is 0 Å². The van der Waals surface area contributed by atoms with Crippen LogP contribution in [0.2, 0.25) is 0 Å². The Morgan fingerprint density at radius 2 is 1.75 bits per heavy atom. The summed E-state index contributed by atoms with van der Waals surface area (Å²) in [6, 6.07) is 14.1. The quantitative estimate of drug-likeness (QED) is 0.849. The van der Waals surface area contributed by atoms with Crippen LogP contribution < -0.4 is 4.74 Å². The van der Waals surface area contributed by atoms with E-state index in [0.29, 0.717) is 13.2 Å². The SMILES string of the molecule is Cc1ccccc1OCCN(C)C(=O)Cc1ccc(C(=O)O)cc1. The third-order valence-corrected chi connectivity index (χ3v) is 3.76. The van der Waals surface area contributed by atoms with Crippen molar-refractivity contribution in [2.24, 2.45) is 0 Å². The summed E-state index contributed by atoms with van der Waals surface area (Å²) in [5.74, 6) is -0.188. The molecule has 126 valence electrons. The topological polar surface area (TPSA) is 66.8 Å². The number of aromatic carboxylic acids is 1. The fraction of sp³-hybridized carbons (Fsp3) is 0.263. The maximum Gasteiger partial charge on any atom is 0.335 e. The number of rotatable bonds is 7. The van der Waals surface area contributed by atoms with Crippen molar-refractivity contribution in [3.05, 3.63) is 65.2 Å². The number of nitrogens with zero attached hydrogens (tertiary/aromatic N) is 1. The highest BCUT2D eigenvalue weighted by atomic mass is 16.5. The minimum atomic E-state index is -0.974. The second-order valence-corrected chi connectivity index (χ2v) is 5.61. The maximum atomic E-state index is 12.2. The Kier molecular flexibility index (Phi) is 5.95. The molecule has 1 N–H and O–H groups in total. The smallest absolute Gasteiger partial charge is 0.335 e. The summed E-state index contributed by atoms with van der Waals surface area (Å²) in [5.41, 5.74) is 2.06. The van der Waals surface area contributed by atoms with Gasteiger partial charge in [0.1, 0.15) is 12.4 Å². The Labute approximate surface area is 141 Å². The van der Waals surface area contributed by atoms with Gasteiger partial charge in [0.2, 0.25) is 5.91 Å². The molecule has 0 heterocycles. The van der Waals surface area contributed by atoms with Crippen molar-refractivity contribution in [3.8, 4) is 5.75 Å². The molecule has 0 spiro atoms. The molecule has 0 aliphatic rings. The van der Waals surface area contributed by atoms with Crippen LogP contribution in [0.4, 0.5) is 0 Å². The lowest BCUT2D eigenvalue weighted by atomic mass is 10.1. The summed E-state index contributed by atoms with van der Waals surface area (Å²) in [6.07, 6.45) is 0.237. The van der Waals surface area contributed by atoms with Crippen LogP contribution in [0, 0.1) is 6.92 Å². The van der Waals surface area contributed by atoms with E-state index in [4.69, 9.17) is 9.84 Å². The molecule has 2 rings (SSSR count). The van der Waals surface area contributed by atoms with Gasteiger partial charge in [-0.15, -0.1) is 0 Å². The van der Waals surface area contributed by atoms with Gasteiger partial charge in [0, 0.05) is 7.05 Å². The minimum absolute atomic E-state index is 0.0357. The van der Waals surface area contributed by atoms with Gasteiger partial charge in [-0.05, 0) is 36.2 Å². The molecule has 0 aliphatic carbocycles. The van der Waals surface area contributed by atoms with Gasteiger partial charge in [-0.2, -0.15) is 0 Å². The van der Waals surface area contributed by atoms with Gasteiger partial charge >= 0.3 is 5.97 Å². The van der Waals surface area contributed by atoms with E-state index in [1.54, 1.807) is 24.1 Å². The molecule has 0 bridgehead atoms. The van der Waals surface area contributed by atoms with Crippen molar-refractivity contribution in [1.29, 1.82) is 0 Å². The molecule has 0 radical (unpaired) electrons. The maximum absolute atomic E-state index is 12.2. The van der Waals surface area contributed by atoms with Crippen LogP contribution in [-0.2, 0) is 11.2 Å². The average Bonchev–Trinajstić information content (AvgIpc) is 2.57. The number of carbonyl (C=O) groups excluding carboxylic acids is 1. The first-order valence-electron chi connectivity index (χ1n) is 7.72. The molecule has 5 nitrogen and oxygen atoms in total. The lowest BCUT2D eigenvalue weighted by Gasteiger charge is -2.18. The summed E-state index contributed by atoms with van der Waals surface area (Å²) in [4.78, 5) is 24.6. The zero-order valence-corrected chi connectivity index (χ0v) is 13.9. The minimum Gasteiger partial charge on any atom is -0.491 e. The predicted octanol–water partition coefficient (Wildman–Crippen LogP) is 2.77. The number of benzene rings is 2. The molecule has 0 saturated heterocycles. The highest BCUT2D eigenvalue weighted by Gasteiger charge is 2.11. The summed E-state index contributed by atoms with van der Waals surface area (Å²) in [5, 5.41) is 8.87. The second kappa shape index (κ2) is 8.15. The monoisotopic (exact) mass is 327 g/mol. The van der Waals surface area contributed by atoms with E-state index in [1.165, 1.54) is 12.1 Å². The molecule has 0 aliphatic heterocycles. The Morgan fingerprint density at radius 3 is 2.38 bits per heavy atom. The molecule has 0 fully saturated rings. The second-order valence-electron chi connectivity index (χ2n) is 5.61. The van der Waals surface area contributed by atoms with E-state index in [1.807, 2.05) is 31.2 Å². The van der Waals surface area contributed by atoms with Gasteiger partial charge < -0.3 is 14.7 Å². The Morgan fingerprint density at radius 1 is 1.08 bits per heavy atom. The number of amides is 1. The molecule has 2 aromatic rings. The van der Waals surface area contributed by atoms with Crippen LogP contribution in [-0.4, -0.2) is 42.1 Å². The number of hydrogen-bond donors (Lipinski definition) is 1.